The summed E-state index contributed by atoms with van der Waals surface area (Å²) in [5, 5.41) is 27.7. The van der Waals surface area contributed by atoms with Gasteiger partial charge in [-0.15, -0.1) is 10.2 Å². The third-order valence-electron chi connectivity index (χ3n) is 1.32. The van der Waals surface area contributed by atoms with Gasteiger partial charge < -0.3 is 21.9 Å². The van der Waals surface area contributed by atoms with Crippen LogP contribution in [0, 0.1) is 11.1 Å². The largest absolute Gasteiger partial charge is 0.396 e. The number of unbranched alkanes of at least 4 members (excludes halogenated alkanes) is 3. The highest BCUT2D eigenvalue weighted by Crippen LogP contribution is 1.96. The molecule has 0 aromatic heterocycles. The number of hydrazone groups is 2. The van der Waals surface area contributed by atoms with Crippen LogP contribution in [0.25, 0.3) is 0 Å². The monoisotopic (exact) mass is 262 g/mol. The summed E-state index contributed by atoms with van der Waals surface area (Å²) >= 11 is 0. The van der Waals surface area contributed by atoms with Gasteiger partial charge in [-0.3, -0.25) is 0 Å². The molecule has 0 unspecified atom stereocenters. The maximum Gasteiger partial charge on any atom is 0.156 e. The van der Waals surface area contributed by atoms with Crippen molar-refractivity contribution in [2.75, 3.05) is 13.2 Å². The molecule has 0 aromatic carbocycles. The van der Waals surface area contributed by atoms with Crippen LogP contribution < -0.4 is 11.7 Å². The van der Waals surface area contributed by atoms with Crippen molar-refractivity contribution in [2.45, 2.75) is 25.7 Å². The molecule has 0 heterocycles. The standard InChI is InChI=1S/C6H14O2.2CH4N4/c7-5-3-1-2-4-6-8;2*2-4-1-5-3/h7-8H,1-6H2;2*1-2H,3H2. The molecule has 0 fully saturated rings. The van der Waals surface area contributed by atoms with Crippen LogP contribution in [0.2, 0.25) is 0 Å². The Morgan fingerprint density at radius 3 is 1.22 bits per heavy atom. The fourth-order valence-corrected chi connectivity index (χ4v) is 0.644. The number of nitrogens with two attached hydrogens (primary N) is 2. The summed E-state index contributed by atoms with van der Waals surface area (Å²) in [5.41, 5.74) is 12.0. The van der Waals surface area contributed by atoms with Gasteiger partial charge in [-0.1, -0.05) is 12.8 Å². The molecule has 0 spiro atoms. The van der Waals surface area contributed by atoms with Gasteiger partial charge in [-0.05, 0) is 12.8 Å². The molecule has 0 saturated heterocycles. The minimum atomic E-state index is 0.283. The Morgan fingerprint density at radius 1 is 0.778 bits per heavy atom. The second kappa shape index (κ2) is 29.4. The normalized spacial score (nSPS) is 9.22. The van der Waals surface area contributed by atoms with E-state index in [1.807, 2.05) is 0 Å². The van der Waals surface area contributed by atoms with Crippen molar-refractivity contribution in [3.63, 3.8) is 0 Å². The summed E-state index contributed by atoms with van der Waals surface area (Å²) in [6, 6.07) is 0. The van der Waals surface area contributed by atoms with E-state index in [1.165, 1.54) is 0 Å². The lowest BCUT2D eigenvalue weighted by Gasteiger charge is -1.93. The minimum absolute atomic E-state index is 0.283. The molecule has 0 atom stereocenters. The summed E-state index contributed by atoms with van der Waals surface area (Å²) in [5.74, 6) is 8.99. The molecule has 0 radical (unpaired) electrons. The van der Waals surface area contributed by atoms with Gasteiger partial charge in [-0.2, -0.15) is 10.2 Å². The number of nitrogens with one attached hydrogen (secondary N) is 2. The molecule has 106 valence electrons. The number of aliphatic hydroxyl groups is 2. The van der Waals surface area contributed by atoms with Gasteiger partial charge >= 0.3 is 0 Å². The summed E-state index contributed by atoms with van der Waals surface area (Å²) in [7, 11) is 0. The van der Waals surface area contributed by atoms with Gasteiger partial charge in [0.2, 0.25) is 0 Å². The highest BCUT2D eigenvalue weighted by Gasteiger charge is 1.84. The lowest BCUT2D eigenvalue weighted by molar-refractivity contribution is 0.265. The van der Waals surface area contributed by atoms with Crippen molar-refractivity contribution in [1.82, 2.24) is 0 Å². The fourth-order valence-electron chi connectivity index (χ4n) is 0.644. The van der Waals surface area contributed by atoms with Gasteiger partial charge in [0.1, 0.15) is 0 Å². The highest BCUT2D eigenvalue weighted by molar-refractivity contribution is 5.53. The second-order valence-corrected chi connectivity index (χ2v) is 2.65. The molecule has 0 saturated carbocycles. The van der Waals surface area contributed by atoms with Crippen molar-refractivity contribution < 1.29 is 10.2 Å². The SMILES string of the molecule is N=NC=NN.N=NC=NN.OCCCCCCO. The number of hydrogen-bond donors (Lipinski definition) is 6. The van der Waals surface area contributed by atoms with Crippen LogP contribution in [0.15, 0.2) is 20.4 Å². The summed E-state index contributed by atoms with van der Waals surface area (Å²) in [6.45, 7) is 0.566. The molecular weight excluding hydrogens is 240 g/mol. The van der Waals surface area contributed by atoms with Crippen molar-refractivity contribution in [3.8, 4) is 0 Å². The first-order valence-electron chi connectivity index (χ1n) is 5.13. The van der Waals surface area contributed by atoms with Crippen LogP contribution in [0.1, 0.15) is 25.7 Å². The summed E-state index contributed by atoms with van der Waals surface area (Å²) < 4.78 is 0. The quantitative estimate of drug-likeness (QED) is 0.0964. The van der Waals surface area contributed by atoms with Gasteiger partial charge in [0.25, 0.3) is 0 Å². The molecule has 0 rings (SSSR count). The average Bonchev–Trinajstić information content (AvgIpc) is 2.38. The van der Waals surface area contributed by atoms with Crippen LogP contribution in [0.5, 0.6) is 0 Å². The lowest BCUT2D eigenvalue weighted by Crippen LogP contribution is -1.85. The lowest BCUT2D eigenvalue weighted by atomic mass is 10.2. The van der Waals surface area contributed by atoms with E-state index in [-0.39, 0.29) is 13.2 Å². The van der Waals surface area contributed by atoms with Gasteiger partial charge in [-0.25, -0.2) is 11.1 Å². The Morgan fingerprint density at radius 2 is 1.11 bits per heavy atom. The van der Waals surface area contributed by atoms with Crippen LogP contribution in [0.3, 0.4) is 0 Å². The maximum atomic E-state index is 8.30. The Balaban J connectivity index is -0.000000197. The van der Waals surface area contributed by atoms with E-state index in [9.17, 15) is 0 Å². The second-order valence-electron chi connectivity index (χ2n) is 2.65. The Labute approximate surface area is 106 Å². The van der Waals surface area contributed by atoms with Crippen molar-refractivity contribution in [3.05, 3.63) is 0 Å². The predicted octanol–water partition coefficient (Wildman–Crippen LogP) is 0.370. The Kier molecular flexibility index (Phi) is 34.9. The fraction of sp³-hybridized carbons (Fsp3) is 0.750. The van der Waals surface area contributed by atoms with Crippen LogP contribution in [0.4, 0.5) is 0 Å². The van der Waals surface area contributed by atoms with Crippen molar-refractivity contribution >= 4 is 12.7 Å². The zero-order chi connectivity index (χ0) is 14.5. The molecule has 0 aromatic rings. The van der Waals surface area contributed by atoms with Gasteiger partial charge in [0.05, 0.1) is 0 Å². The molecular formula is C8H22N8O2. The number of rotatable bonds is 7. The molecule has 0 amide bonds. The van der Waals surface area contributed by atoms with Crippen LogP contribution in [-0.2, 0) is 0 Å². The number of hydrogen-bond acceptors (Lipinski definition) is 8. The Bertz CT molecular complexity index is 187. The first-order valence-corrected chi connectivity index (χ1v) is 5.13. The van der Waals surface area contributed by atoms with Crippen molar-refractivity contribution in [1.29, 1.82) is 11.1 Å². The molecule has 8 N–H and O–H groups in total. The highest BCUT2D eigenvalue weighted by atomic mass is 16.3. The molecule has 0 bridgehead atoms. The molecule has 0 aliphatic carbocycles. The van der Waals surface area contributed by atoms with Crippen molar-refractivity contribution in [2.24, 2.45) is 32.1 Å². The maximum absolute atomic E-state index is 8.30. The first kappa shape index (κ1) is 21.4. The summed E-state index contributed by atoms with van der Waals surface area (Å²) in [6.07, 6.45) is 5.72. The predicted molar refractivity (Wildman–Crippen MR) is 68.3 cm³/mol. The van der Waals surface area contributed by atoms with E-state index < -0.39 is 0 Å². The number of aliphatic hydroxyl groups excluding tert-OH is 2. The summed E-state index contributed by atoms with van der Waals surface area (Å²) in [4.78, 5) is 0. The van der Waals surface area contributed by atoms with Gasteiger partial charge in [0.15, 0.2) is 12.7 Å². The molecule has 10 nitrogen and oxygen atoms in total. The van der Waals surface area contributed by atoms with E-state index >= 15 is 0 Å². The smallest absolute Gasteiger partial charge is 0.156 e. The zero-order valence-electron chi connectivity index (χ0n) is 10.2. The third kappa shape index (κ3) is 48.1. The van der Waals surface area contributed by atoms with Crippen LogP contribution >= 0.6 is 0 Å². The van der Waals surface area contributed by atoms with E-state index in [1.54, 1.807) is 0 Å². The molecule has 18 heavy (non-hydrogen) atoms. The van der Waals surface area contributed by atoms with Crippen LogP contribution in [-0.4, -0.2) is 36.1 Å². The third-order valence-corrected chi connectivity index (χ3v) is 1.32. The van der Waals surface area contributed by atoms with E-state index in [0.717, 1.165) is 38.4 Å². The minimum Gasteiger partial charge on any atom is -0.396 e. The molecule has 10 heteroatoms. The van der Waals surface area contributed by atoms with E-state index in [2.05, 4.69) is 32.1 Å². The van der Waals surface area contributed by atoms with Gasteiger partial charge in [0, 0.05) is 13.2 Å². The average molecular weight is 262 g/mol. The van der Waals surface area contributed by atoms with E-state index in [4.69, 9.17) is 21.3 Å². The van der Waals surface area contributed by atoms with E-state index in [0.29, 0.717) is 0 Å². The topological polar surface area (TPSA) is 190 Å². The zero-order valence-corrected chi connectivity index (χ0v) is 10.2. The number of nitrogens with zero attached hydrogens (tertiary/aromatic N) is 4. The Hall–Kier alpha value is -1.94. The molecule has 0 aliphatic heterocycles. The first-order chi connectivity index (χ1) is 8.74. The molecule has 0 aliphatic rings.